The normalized spacial score (nSPS) is 22.2. The number of hydrogen-bond donors (Lipinski definition) is 1. The van der Waals surface area contributed by atoms with Crippen molar-refractivity contribution in [1.29, 1.82) is 0 Å². The van der Waals surface area contributed by atoms with Crippen molar-refractivity contribution in [2.75, 3.05) is 50.7 Å². The zero-order valence-corrected chi connectivity index (χ0v) is 30.2. The molecule has 1 amide bonds. The molecule has 4 fully saturated rings. The summed E-state index contributed by atoms with van der Waals surface area (Å²) in [5.41, 5.74) is 2.96. The molecule has 1 spiro atoms. The van der Waals surface area contributed by atoms with E-state index in [2.05, 4.69) is 42.1 Å². The number of carbonyl (C=O) groups excluding carboxylic acids is 1. The highest BCUT2D eigenvalue weighted by atomic mass is 19.3. The van der Waals surface area contributed by atoms with Gasteiger partial charge in [0.05, 0.1) is 5.69 Å². The Balaban J connectivity index is 0.000000648. The lowest BCUT2D eigenvalue weighted by atomic mass is 9.61. The first kappa shape index (κ1) is 36.3. The van der Waals surface area contributed by atoms with Gasteiger partial charge in [-0.3, -0.25) is 14.7 Å². The predicted molar refractivity (Wildman–Crippen MR) is 189 cm³/mol. The Hall–Kier alpha value is -4.04. The Bertz CT molecular complexity index is 1700. The second-order valence-electron chi connectivity index (χ2n) is 15.5. The maximum atomic E-state index is 14.1. The third-order valence-corrected chi connectivity index (χ3v) is 11.2. The summed E-state index contributed by atoms with van der Waals surface area (Å²) in [5, 5.41) is 10.6. The number of hydrogen-bond acceptors (Lipinski definition) is 10. The largest absolute Gasteiger partial charge is 0.490 e. The number of halogens is 3. The number of fused-ring (bicyclic) bond motifs is 1. The molecule has 2 aliphatic carbocycles. The molecular formula is C38H49F3N8O3. The van der Waals surface area contributed by atoms with Crippen molar-refractivity contribution in [1.82, 2.24) is 35.3 Å². The van der Waals surface area contributed by atoms with Crippen molar-refractivity contribution < 1.29 is 27.4 Å². The number of pyridine rings is 1. The van der Waals surface area contributed by atoms with E-state index < -0.39 is 17.7 Å². The minimum atomic E-state index is -2.73. The molecule has 0 radical (unpaired) electrons. The van der Waals surface area contributed by atoms with E-state index in [-0.39, 0.29) is 42.3 Å². The standard InChI is InChI=1S/C34H40F3N7O2.C4H9NO/c1-22-30-27(7-13-43(22)12-3-11-42-9-2-10-42)38-8-6-29(30)45-25-17-33(18-25)19-44(20-33)31-32(41-40-21-39-31)46-28-5-4-24(35)14-26(28)23-15-34(36,37)16-23;1-4(2)5-3-6/h4-6,8,14,21-23,25H,2-3,7,9-13,15-20H2,1H3;3-4H,1-2H3,(H,5,6). The number of nitrogens with zero attached hydrogens (tertiary/aromatic N) is 7. The van der Waals surface area contributed by atoms with E-state index in [0.717, 1.165) is 56.9 Å². The second-order valence-corrected chi connectivity index (χ2v) is 15.5. The van der Waals surface area contributed by atoms with Gasteiger partial charge in [0.2, 0.25) is 12.3 Å². The van der Waals surface area contributed by atoms with Crippen LogP contribution in [0.1, 0.15) is 88.1 Å². The maximum absolute atomic E-state index is 14.1. The summed E-state index contributed by atoms with van der Waals surface area (Å²) in [4.78, 5) is 25.9. The highest BCUT2D eigenvalue weighted by Crippen LogP contribution is 2.53. The summed E-state index contributed by atoms with van der Waals surface area (Å²) in [6.07, 6.45) is 8.82. The number of nitrogens with one attached hydrogen (secondary N) is 1. The van der Waals surface area contributed by atoms with E-state index in [1.165, 1.54) is 62.6 Å². The Morgan fingerprint density at radius 2 is 1.83 bits per heavy atom. The van der Waals surface area contributed by atoms with E-state index in [1.54, 1.807) is 0 Å². The SMILES string of the molecule is CC(C)NC=O.CC1c2c(OC3CC4(C3)CN(c3ncnnc3Oc3ccc(F)cc3C3CC(F)(F)C3)C4)ccnc2CCN1CCCN1CCC1. The van der Waals surface area contributed by atoms with Gasteiger partial charge in [0.15, 0.2) is 5.82 Å². The third-order valence-electron chi connectivity index (χ3n) is 11.2. The topological polar surface area (TPSA) is 109 Å². The van der Waals surface area contributed by atoms with Gasteiger partial charge in [0, 0.05) is 73.7 Å². The second kappa shape index (κ2) is 15.1. The number of ether oxygens (including phenoxy) is 2. The van der Waals surface area contributed by atoms with E-state index in [0.29, 0.717) is 23.5 Å². The number of anilines is 1. The number of benzene rings is 1. The Kier molecular flexibility index (Phi) is 10.6. The molecule has 5 aliphatic rings. The van der Waals surface area contributed by atoms with Crippen LogP contribution >= 0.6 is 0 Å². The van der Waals surface area contributed by atoms with Crippen LogP contribution in [0, 0.1) is 11.2 Å². The zero-order valence-electron chi connectivity index (χ0n) is 30.2. The van der Waals surface area contributed by atoms with Crippen molar-refractivity contribution in [2.24, 2.45) is 5.41 Å². The van der Waals surface area contributed by atoms with Crippen molar-refractivity contribution in [2.45, 2.75) is 95.7 Å². The fourth-order valence-corrected chi connectivity index (χ4v) is 8.21. The summed E-state index contributed by atoms with van der Waals surface area (Å²) >= 11 is 0. The first-order valence-corrected chi connectivity index (χ1v) is 18.6. The smallest absolute Gasteiger partial charge is 0.282 e. The monoisotopic (exact) mass is 722 g/mol. The quantitative estimate of drug-likeness (QED) is 0.227. The number of amides is 1. The van der Waals surface area contributed by atoms with Gasteiger partial charge in [-0.1, -0.05) is 0 Å². The van der Waals surface area contributed by atoms with Crippen molar-refractivity contribution in [3.63, 3.8) is 0 Å². The van der Waals surface area contributed by atoms with Gasteiger partial charge in [-0.05, 0) is 103 Å². The summed E-state index contributed by atoms with van der Waals surface area (Å²) in [5.74, 6) is -1.68. The minimum absolute atomic E-state index is 0.132. The van der Waals surface area contributed by atoms with Crippen molar-refractivity contribution in [3.05, 3.63) is 59.4 Å². The van der Waals surface area contributed by atoms with Gasteiger partial charge in [-0.15, -0.1) is 10.2 Å². The molecule has 2 saturated heterocycles. The highest BCUT2D eigenvalue weighted by Gasteiger charge is 2.55. The lowest BCUT2D eigenvalue weighted by Crippen LogP contribution is -2.65. The summed E-state index contributed by atoms with van der Waals surface area (Å²) in [6.45, 7) is 13.5. The first-order chi connectivity index (χ1) is 25.0. The van der Waals surface area contributed by atoms with Gasteiger partial charge in [0.1, 0.15) is 29.7 Å². The molecule has 3 aromatic rings. The van der Waals surface area contributed by atoms with Crippen LogP contribution in [0.3, 0.4) is 0 Å². The van der Waals surface area contributed by atoms with E-state index in [1.807, 2.05) is 26.1 Å². The van der Waals surface area contributed by atoms with Crippen LogP contribution in [0.25, 0.3) is 0 Å². The Labute approximate surface area is 303 Å². The van der Waals surface area contributed by atoms with Crippen molar-refractivity contribution in [3.8, 4) is 17.4 Å². The molecule has 1 aromatic carbocycles. The van der Waals surface area contributed by atoms with Gasteiger partial charge < -0.3 is 24.6 Å². The fraction of sp³-hybridized carbons (Fsp3) is 0.605. The molecular weight excluding hydrogens is 673 g/mol. The van der Waals surface area contributed by atoms with Crippen LogP contribution in [-0.2, 0) is 11.2 Å². The van der Waals surface area contributed by atoms with Crippen LogP contribution in [0.5, 0.6) is 17.4 Å². The molecule has 1 atom stereocenters. The van der Waals surface area contributed by atoms with Gasteiger partial charge in [-0.2, -0.15) is 0 Å². The number of likely N-dealkylation sites (tertiary alicyclic amines) is 1. The van der Waals surface area contributed by atoms with Crippen molar-refractivity contribution >= 4 is 12.2 Å². The van der Waals surface area contributed by atoms with Crippen LogP contribution in [0.15, 0.2) is 36.8 Å². The molecule has 0 bridgehead atoms. The summed E-state index contributed by atoms with van der Waals surface area (Å²) in [6, 6.07) is 6.60. The average Bonchev–Trinajstić information content (AvgIpc) is 3.04. The average molecular weight is 723 g/mol. The lowest BCUT2D eigenvalue weighted by Gasteiger charge is -2.58. The predicted octanol–water partition coefficient (Wildman–Crippen LogP) is 5.91. The molecule has 1 N–H and O–H groups in total. The molecule has 5 heterocycles. The molecule has 2 aromatic heterocycles. The van der Waals surface area contributed by atoms with Crippen LogP contribution in [0.4, 0.5) is 19.0 Å². The number of rotatable bonds is 12. The molecule has 8 rings (SSSR count). The van der Waals surface area contributed by atoms with Crippen LogP contribution in [0.2, 0.25) is 0 Å². The highest BCUT2D eigenvalue weighted by molar-refractivity contribution is 5.54. The fourth-order valence-electron chi connectivity index (χ4n) is 8.21. The van der Waals surface area contributed by atoms with E-state index in [9.17, 15) is 18.0 Å². The number of aromatic nitrogens is 4. The van der Waals surface area contributed by atoms with Gasteiger partial charge >= 0.3 is 0 Å². The molecule has 14 heteroatoms. The number of alkyl halides is 2. The zero-order chi connectivity index (χ0) is 36.5. The molecule has 2 saturated carbocycles. The molecule has 52 heavy (non-hydrogen) atoms. The molecule has 3 aliphatic heterocycles. The molecule has 1 unspecified atom stereocenters. The summed E-state index contributed by atoms with van der Waals surface area (Å²) in [7, 11) is 0. The maximum Gasteiger partial charge on any atom is 0.282 e. The van der Waals surface area contributed by atoms with Gasteiger partial charge in [-0.25, -0.2) is 18.2 Å². The van der Waals surface area contributed by atoms with E-state index in [4.69, 9.17) is 14.5 Å². The van der Waals surface area contributed by atoms with Crippen LogP contribution < -0.4 is 19.7 Å². The third kappa shape index (κ3) is 7.97. The first-order valence-electron chi connectivity index (χ1n) is 18.6. The van der Waals surface area contributed by atoms with Crippen LogP contribution in [-0.4, -0.2) is 100 Å². The Morgan fingerprint density at radius 1 is 1.04 bits per heavy atom. The van der Waals surface area contributed by atoms with E-state index >= 15 is 0 Å². The molecule has 280 valence electrons. The summed E-state index contributed by atoms with van der Waals surface area (Å²) < 4.78 is 54.0. The minimum Gasteiger partial charge on any atom is -0.490 e. The van der Waals surface area contributed by atoms with Gasteiger partial charge in [0.25, 0.3) is 5.88 Å². The Morgan fingerprint density at radius 3 is 2.50 bits per heavy atom. The lowest BCUT2D eigenvalue weighted by molar-refractivity contribution is -0.109. The molecule has 11 nitrogen and oxygen atoms in total. The number of carbonyl (C=O) groups is 1.